The molecule has 0 aromatic heterocycles. The lowest BCUT2D eigenvalue weighted by Gasteiger charge is -2.30. The van der Waals surface area contributed by atoms with E-state index >= 15 is 0 Å². The van der Waals surface area contributed by atoms with Crippen molar-refractivity contribution in [3.8, 4) is 0 Å². The van der Waals surface area contributed by atoms with Crippen LogP contribution < -0.4 is 10.2 Å². The number of likely N-dealkylation sites (N-methyl/N-ethyl adjacent to an activating group) is 1. The van der Waals surface area contributed by atoms with E-state index in [0.29, 0.717) is 17.4 Å². The second kappa shape index (κ2) is 63.3. The molecule has 0 aliphatic heterocycles. The Balaban J connectivity index is 5.05. The topological polar surface area (TPSA) is 114 Å². The molecule has 0 saturated carbocycles. The molecule has 83 heavy (non-hydrogen) atoms. The molecule has 0 aromatic carbocycles. The smallest absolute Gasteiger partial charge is 0.306 e. The average molecular weight is 1190 g/mol. The van der Waals surface area contributed by atoms with Crippen molar-refractivity contribution in [2.45, 2.75) is 380 Å². The van der Waals surface area contributed by atoms with Gasteiger partial charge in [-0.2, -0.15) is 0 Å². The number of ether oxygens (including phenoxy) is 1. The average Bonchev–Trinajstić information content (AvgIpc) is 3.46. The molecular formula is C73H141N2O7P. The van der Waals surface area contributed by atoms with Gasteiger partial charge < -0.3 is 28.5 Å². The zero-order chi connectivity index (χ0) is 60.7. The highest BCUT2D eigenvalue weighted by atomic mass is 31.2. The zero-order valence-electron chi connectivity index (χ0n) is 56.2. The third-order valence-electron chi connectivity index (χ3n) is 16.5. The Morgan fingerprint density at radius 1 is 0.410 bits per heavy atom. The van der Waals surface area contributed by atoms with Gasteiger partial charge in [-0.1, -0.05) is 308 Å². The second-order valence-corrected chi connectivity index (χ2v) is 27.5. The van der Waals surface area contributed by atoms with E-state index in [1.54, 1.807) is 0 Å². The Bertz CT molecular complexity index is 1510. The van der Waals surface area contributed by atoms with Crippen LogP contribution in [-0.2, 0) is 27.9 Å². The maximum absolute atomic E-state index is 13.6. The lowest BCUT2D eigenvalue weighted by molar-refractivity contribution is -0.870. The number of quaternary nitrogens is 1. The summed E-state index contributed by atoms with van der Waals surface area (Å²) >= 11 is 0. The summed E-state index contributed by atoms with van der Waals surface area (Å²) in [5, 5.41) is 3.05. The number of esters is 1. The van der Waals surface area contributed by atoms with E-state index in [-0.39, 0.29) is 31.5 Å². The van der Waals surface area contributed by atoms with E-state index in [1.165, 1.54) is 276 Å². The van der Waals surface area contributed by atoms with Crippen LogP contribution in [0.3, 0.4) is 0 Å². The molecule has 9 nitrogen and oxygen atoms in total. The molecule has 1 amide bonds. The number of nitrogens with one attached hydrogen (secondary N) is 1. The van der Waals surface area contributed by atoms with Gasteiger partial charge in [0, 0.05) is 12.8 Å². The van der Waals surface area contributed by atoms with E-state index in [0.717, 1.165) is 57.8 Å². The highest BCUT2D eigenvalue weighted by Crippen LogP contribution is 2.38. The van der Waals surface area contributed by atoms with Gasteiger partial charge in [-0.05, 0) is 83.1 Å². The summed E-state index contributed by atoms with van der Waals surface area (Å²) in [6, 6.07) is -0.887. The van der Waals surface area contributed by atoms with Crippen molar-refractivity contribution in [2.75, 3.05) is 40.9 Å². The summed E-state index contributed by atoms with van der Waals surface area (Å²) in [5.41, 5.74) is 0. The van der Waals surface area contributed by atoms with Crippen LogP contribution in [0.25, 0.3) is 0 Å². The Hall–Kier alpha value is -1.77. The van der Waals surface area contributed by atoms with Crippen molar-refractivity contribution in [3.05, 3.63) is 36.5 Å². The molecule has 0 heterocycles. The van der Waals surface area contributed by atoms with Crippen LogP contribution in [0.5, 0.6) is 0 Å². The minimum atomic E-state index is -4.70. The maximum Gasteiger partial charge on any atom is 0.306 e. The fraction of sp³-hybridized carbons (Fsp3) is 0.890. The number of rotatable bonds is 67. The normalized spacial score (nSPS) is 13.7. The summed E-state index contributed by atoms with van der Waals surface area (Å²) < 4.78 is 30.5. The van der Waals surface area contributed by atoms with Crippen molar-refractivity contribution in [1.82, 2.24) is 5.32 Å². The summed E-state index contributed by atoms with van der Waals surface area (Å²) in [6.45, 7) is 6.90. The predicted molar refractivity (Wildman–Crippen MR) is 358 cm³/mol. The van der Waals surface area contributed by atoms with E-state index in [1.807, 2.05) is 33.3 Å². The summed E-state index contributed by atoms with van der Waals surface area (Å²) in [5.74, 6) is -0.524. The van der Waals surface area contributed by atoms with Crippen LogP contribution in [-0.4, -0.2) is 69.4 Å². The third-order valence-corrected chi connectivity index (χ3v) is 17.5. The lowest BCUT2D eigenvalue weighted by Crippen LogP contribution is -2.47. The number of phosphoric acid groups is 1. The van der Waals surface area contributed by atoms with Crippen LogP contribution in [0, 0.1) is 0 Å². The molecule has 0 fully saturated rings. The second-order valence-electron chi connectivity index (χ2n) is 26.1. The van der Waals surface area contributed by atoms with E-state index in [2.05, 4.69) is 50.4 Å². The number of carbonyl (C=O) groups is 2. The van der Waals surface area contributed by atoms with Gasteiger partial charge in [-0.15, -0.1) is 0 Å². The first-order chi connectivity index (χ1) is 40.4. The highest BCUT2D eigenvalue weighted by molar-refractivity contribution is 7.45. The zero-order valence-corrected chi connectivity index (χ0v) is 57.1. The molecule has 10 heteroatoms. The van der Waals surface area contributed by atoms with Crippen molar-refractivity contribution in [1.29, 1.82) is 0 Å². The number of allylic oxidation sites excluding steroid dienone is 5. The molecule has 0 spiro atoms. The molecule has 0 aromatic rings. The molecule has 0 aliphatic carbocycles. The van der Waals surface area contributed by atoms with Gasteiger partial charge in [0.2, 0.25) is 5.91 Å². The van der Waals surface area contributed by atoms with E-state index < -0.39 is 20.0 Å². The van der Waals surface area contributed by atoms with Gasteiger partial charge in [0.15, 0.2) is 0 Å². The van der Waals surface area contributed by atoms with Gasteiger partial charge in [0.05, 0.1) is 33.8 Å². The fourth-order valence-electron chi connectivity index (χ4n) is 10.9. The number of nitrogens with zero attached hydrogens (tertiary/aromatic N) is 1. The molecule has 0 radical (unpaired) electrons. The number of unbranched alkanes of at least 4 members (excludes halogenated alkanes) is 47. The number of carbonyl (C=O) groups excluding carboxylic acids is 2. The van der Waals surface area contributed by atoms with Crippen LogP contribution in [0.2, 0.25) is 0 Å². The molecule has 1 N–H and O–H groups in total. The number of hydrogen-bond acceptors (Lipinski definition) is 7. The summed E-state index contributed by atoms with van der Waals surface area (Å²) in [4.78, 5) is 40.2. The van der Waals surface area contributed by atoms with Crippen LogP contribution in [0.1, 0.15) is 367 Å². The monoisotopic (exact) mass is 1190 g/mol. The maximum atomic E-state index is 13.6. The van der Waals surface area contributed by atoms with Crippen molar-refractivity contribution < 1.29 is 37.3 Å². The van der Waals surface area contributed by atoms with Gasteiger partial charge in [0.25, 0.3) is 7.82 Å². The van der Waals surface area contributed by atoms with Crippen LogP contribution in [0.15, 0.2) is 36.5 Å². The Morgan fingerprint density at radius 3 is 1.02 bits per heavy atom. The first-order valence-corrected chi connectivity index (χ1v) is 37.8. The molecule has 3 unspecified atom stereocenters. The molecular weight excluding hydrogens is 1050 g/mol. The summed E-state index contributed by atoms with van der Waals surface area (Å²) in [7, 11) is 1.20. The highest BCUT2D eigenvalue weighted by Gasteiger charge is 2.27. The first kappa shape index (κ1) is 81.2. The molecule has 0 rings (SSSR count). The van der Waals surface area contributed by atoms with Crippen LogP contribution >= 0.6 is 7.82 Å². The first-order valence-electron chi connectivity index (χ1n) is 36.3. The van der Waals surface area contributed by atoms with Gasteiger partial charge in [-0.3, -0.25) is 14.2 Å². The number of amides is 1. The third kappa shape index (κ3) is 64.5. The Kier molecular flexibility index (Phi) is 61.9. The van der Waals surface area contributed by atoms with Gasteiger partial charge in [-0.25, -0.2) is 0 Å². The standard InChI is InChI=1S/C73H141N2O7P/c1-7-10-13-16-19-22-25-28-30-32-34-35-36-37-38-39-41-43-45-48-51-54-57-60-63-66-73(77)82-71(64-61-58-55-52-49-46-27-24-21-18-15-12-9-3)70(69-81-83(78,79)80-68-67-75(4,5)6)74-72(76)65-62-59-56-53-50-47-44-42-40-33-31-29-26-23-20-17-14-11-8-2/h28-31,61,64,70-71H,7-27,32-60,62-63,65-69H2,1-6H3,(H-,74,76,78,79)/b30-28+,31-29+,64-61-. The van der Waals surface area contributed by atoms with Crippen molar-refractivity contribution >= 4 is 19.7 Å². The quantitative estimate of drug-likeness (QED) is 0.0212. The number of hydrogen-bond donors (Lipinski definition) is 1. The van der Waals surface area contributed by atoms with Gasteiger partial charge >= 0.3 is 5.97 Å². The summed E-state index contributed by atoms with van der Waals surface area (Å²) in [6.07, 6.45) is 78.4. The minimum Gasteiger partial charge on any atom is -0.756 e. The van der Waals surface area contributed by atoms with Crippen molar-refractivity contribution in [2.24, 2.45) is 0 Å². The Labute approximate surface area is 516 Å². The van der Waals surface area contributed by atoms with E-state index in [9.17, 15) is 19.0 Å². The molecule has 0 bridgehead atoms. The predicted octanol–water partition coefficient (Wildman–Crippen LogP) is 22.4. The fourth-order valence-corrected chi connectivity index (χ4v) is 11.7. The van der Waals surface area contributed by atoms with Crippen molar-refractivity contribution in [3.63, 3.8) is 0 Å². The largest absolute Gasteiger partial charge is 0.756 e. The Morgan fingerprint density at radius 2 is 0.699 bits per heavy atom. The van der Waals surface area contributed by atoms with Gasteiger partial charge in [0.1, 0.15) is 19.3 Å². The molecule has 0 aliphatic rings. The molecule has 0 saturated heterocycles. The number of phosphoric ester groups is 1. The minimum absolute atomic E-state index is 0.0200. The SMILES string of the molecule is CCCCCCCC/C=C/CCCCCCCCCCCCCCCCCC(=O)OC(/C=C\CCCCCCCCCCCCC)C(COP(=O)([O-])OCC[N+](C)(C)C)NC(=O)CCCCCCCCCCC/C=C/CCCCCCCC. The molecule has 3 atom stereocenters. The van der Waals surface area contributed by atoms with Crippen LogP contribution in [0.4, 0.5) is 0 Å². The lowest BCUT2D eigenvalue weighted by atomic mass is 10.0. The molecule has 490 valence electrons. The van der Waals surface area contributed by atoms with E-state index in [4.69, 9.17) is 13.8 Å².